The van der Waals surface area contributed by atoms with Crippen molar-refractivity contribution in [1.82, 2.24) is 29.6 Å². The second-order valence-electron chi connectivity index (χ2n) is 9.32. The normalized spacial score (nSPS) is 19.3. The van der Waals surface area contributed by atoms with Crippen LogP contribution in [0.3, 0.4) is 0 Å². The molecule has 5 rings (SSSR count). The minimum absolute atomic E-state index is 0.0615. The highest BCUT2D eigenvalue weighted by molar-refractivity contribution is 6.31. The Morgan fingerprint density at radius 3 is 2.76 bits per heavy atom. The highest BCUT2D eigenvalue weighted by Crippen LogP contribution is 2.54. The fraction of sp³-hybridized carbons (Fsp3) is 0.458. The quantitative estimate of drug-likeness (QED) is 0.575. The van der Waals surface area contributed by atoms with E-state index < -0.39 is 0 Å². The van der Waals surface area contributed by atoms with Crippen LogP contribution < -0.4 is 10.1 Å². The van der Waals surface area contributed by atoms with Crippen LogP contribution in [-0.2, 0) is 11.8 Å². The molecular weight excluding hydrogens is 454 g/mol. The van der Waals surface area contributed by atoms with E-state index in [0.717, 1.165) is 42.0 Å². The molecule has 1 N–H and O–H groups in total. The Labute approximate surface area is 203 Å². The summed E-state index contributed by atoms with van der Waals surface area (Å²) < 4.78 is 6.90. The van der Waals surface area contributed by atoms with Crippen molar-refractivity contribution in [3.63, 3.8) is 0 Å². The second kappa shape index (κ2) is 8.54. The van der Waals surface area contributed by atoms with Gasteiger partial charge >= 0.3 is 0 Å². The second-order valence-corrected chi connectivity index (χ2v) is 9.73. The van der Waals surface area contributed by atoms with Crippen LogP contribution >= 0.6 is 11.6 Å². The number of hydrogen-bond acceptors (Lipinski definition) is 7. The number of rotatable bonds is 6. The Kier molecular flexibility index (Phi) is 5.67. The van der Waals surface area contributed by atoms with Crippen LogP contribution in [0.5, 0.6) is 5.88 Å². The lowest BCUT2D eigenvalue weighted by molar-refractivity contribution is -0.131. The van der Waals surface area contributed by atoms with E-state index in [-0.39, 0.29) is 23.3 Å². The van der Waals surface area contributed by atoms with Crippen molar-refractivity contribution < 1.29 is 9.53 Å². The van der Waals surface area contributed by atoms with Crippen molar-refractivity contribution >= 4 is 23.3 Å². The first-order valence-electron chi connectivity index (χ1n) is 11.4. The molecule has 2 atom stereocenters. The molecule has 0 aromatic carbocycles. The molecule has 10 heteroatoms. The maximum Gasteiger partial charge on any atom is 0.229 e. The van der Waals surface area contributed by atoms with Gasteiger partial charge in [-0.2, -0.15) is 5.10 Å². The summed E-state index contributed by atoms with van der Waals surface area (Å²) in [7, 11) is 3.40. The summed E-state index contributed by atoms with van der Waals surface area (Å²) >= 11 is 6.36. The molecule has 1 spiro atoms. The summed E-state index contributed by atoms with van der Waals surface area (Å²) in [6, 6.07) is 5.86. The van der Waals surface area contributed by atoms with E-state index in [1.807, 2.05) is 37.9 Å². The summed E-state index contributed by atoms with van der Waals surface area (Å²) in [5.74, 6) is 1.59. The predicted octanol–water partition coefficient (Wildman–Crippen LogP) is 3.45. The topological polar surface area (TPSA) is 98.1 Å². The third-order valence-corrected chi connectivity index (χ3v) is 7.32. The number of pyridine rings is 2. The van der Waals surface area contributed by atoms with Crippen LogP contribution in [0.25, 0.3) is 11.4 Å². The van der Waals surface area contributed by atoms with Gasteiger partial charge in [-0.3, -0.25) is 9.48 Å². The highest BCUT2D eigenvalue weighted by atomic mass is 35.5. The number of amides is 1. The van der Waals surface area contributed by atoms with Crippen LogP contribution in [0.4, 0.5) is 5.82 Å². The molecule has 1 aliphatic carbocycles. The number of carbonyl (C=O) groups is 1. The zero-order valence-electron chi connectivity index (χ0n) is 19.7. The first-order valence-corrected chi connectivity index (χ1v) is 11.8. The number of nitrogens with one attached hydrogen (secondary N) is 1. The molecule has 0 radical (unpaired) electrons. The molecule has 1 aliphatic heterocycles. The fourth-order valence-corrected chi connectivity index (χ4v) is 5.07. The van der Waals surface area contributed by atoms with Gasteiger partial charge in [0.1, 0.15) is 12.1 Å². The molecule has 4 heterocycles. The number of halogens is 1. The average Bonchev–Trinajstić information content (AvgIpc) is 3.34. The number of hydrogen-bond donors (Lipinski definition) is 1. The maximum absolute atomic E-state index is 13.4. The number of carbonyl (C=O) groups excluding carboxylic acids is 1. The predicted molar refractivity (Wildman–Crippen MR) is 129 cm³/mol. The Hall–Kier alpha value is -3.20. The van der Waals surface area contributed by atoms with Crippen molar-refractivity contribution in [2.75, 3.05) is 25.5 Å². The molecule has 1 saturated carbocycles. The van der Waals surface area contributed by atoms with Crippen LogP contribution in [0.15, 0.2) is 30.7 Å². The monoisotopic (exact) mass is 481 g/mol. The minimum atomic E-state index is -0.385. The Morgan fingerprint density at radius 2 is 2.12 bits per heavy atom. The third kappa shape index (κ3) is 4.09. The van der Waals surface area contributed by atoms with E-state index in [2.05, 4.69) is 20.4 Å². The molecule has 3 aromatic rings. The summed E-state index contributed by atoms with van der Waals surface area (Å²) in [5.41, 5.74) is 2.61. The molecule has 3 aromatic heterocycles. The molecule has 0 bridgehead atoms. The molecule has 2 fully saturated rings. The van der Waals surface area contributed by atoms with Gasteiger partial charge in [-0.05, 0) is 44.4 Å². The van der Waals surface area contributed by atoms with Gasteiger partial charge in [0, 0.05) is 43.4 Å². The Balaban J connectivity index is 1.31. The van der Waals surface area contributed by atoms with Gasteiger partial charge in [-0.1, -0.05) is 11.6 Å². The zero-order valence-corrected chi connectivity index (χ0v) is 20.5. The van der Waals surface area contributed by atoms with Gasteiger partial charge < -0.3 is 15.0 Å². The third-order valence-electron chi connectivity index (χ3n) is 7.01. The number of anilines is 1. The van der Waals surface area contributed by atoms with E-state index in [0.29, 0.717) is 23.3 Å². The van der Waals surface area contributed by atoms with Gasteiger partial charge in [-0.25, -0.2) is 15.0 Å². The summed E-state index contributed by atoms with van der Waals surface area (Å²) in [6.07, 6.45) is 5.41. The summed E-state index contributed by atoms with van der Waals surface area (Å²) in [5, 5.41) is 8.45. The molecule has 34 heavy (non-hydrogen) atoms. The molecule has 178 valence electrons. The van der Waals surface area contributed by atoms with Gasteiger partial charge in [0.15, 0.2) is 5.82 Å². The fourth-order valence-electron chi connectivity index (χ4n) is 4.81. The van der Waals surface area contributed by atoms with E-state index in [4.69, 9.17) is 21.3 Å². The summed E-state index contributed by atoms with van der Waals surface area (Å²) in [6.45, 7) is 5.22. The molecule has 1 saturated heterocycles. The van der Waals surface area contributed by atoms with Gasteiger partial charge in [0.2, 0.25) is 11.8 Å². The number of likely N-dealkylation sites (tertiary alicyclic amines) is 1. The van der Waals surface area contributed by atoms with Crippen molar-refractivity contribution in [2.45, 2.75) is 38.6 Å². The lowest BCUT2D eigenvalue weighted by atomic mass is 10.0. The first-order chi connectivity index (χ1) is 16.3. The molecule has 1 unspecified atom stereocenters. The number of aryl methyl sites for hydroxylation is 2. The van der Waals surface area contributed by atoms with E-state index in [1.165, 1.54) is 6.20 Å². The number of methoxy groups -OCH3 is 1. The minimum Gasteiger partial charge on any atom is -0.481 e. The van der Waals surface area contributed by atoms with Crippen LogP contribution in [-0.4, -0.2) is 61.8 Å². The van der Waals surface area contributed by atoms with E-state index in [9.17, 15) is 4.79 Å². The Morgan fingerprint density at radius 1 is 1.32 bits per heavy atom. The lowest BCUT2D eigenvalue weighted by Crippen LogP contribution is -2.34. The molecule has 2 aliphatic rings. The molecular formula is C24H28ClN7O2. The highest BCUT2D eigenvalue weighted by Gasteiger charge is 2.56. The van der Waals surface area contributed by atoms with Gasteiger partial charge in [-0.15, -0.1) is 0 Å². The van der Waals surface area contributed by atoms with Crippen LogP contribution in [0.2, 0.25) is 5.02 Å². The number of ether oxygens (including phenoxy) is 1. The van der Waals surface area contributed by atoms with Crippen molar-refractivity contribution in [3.8, 4) is 17.3 Å². The van der Waals surface area contributed by atoms with Gasteiger partial charge in [0.05, 0.1) is 29.8 Å². The van der Waals surface area contributed by atoms with Crippen LogP contribution in [0, 0.1) is 12.3 Å². The standard InChI is InChI=1S/C24H28ClN7O2/c1-14(17-9-21(34-4)26-10-18(17)25)23(33)32-11-19(24(12-32)7-8-24)29-20-6-5-16(15(2)28-20)22-27-13-31(3)30-22/h5-6,9-10,13-14,19H,7-8,11-12H2,1-4H3,(H,28,29)/t14?,19-/m1/s1. The zero-order chi connectivity index (χ0) is 24.0. The summed E-state index contributed by atoms with van der Waals surface area (Å²) in [4.78, 5) is 28.6. The average molecular weight is 482 g/mol. The van der Waals surface area contributed by atoms with Gasteiger partial charge in [0.25, 0.3) is 0 Å². The lowest BCUT2D eigenvalue weighted by Gasteiger charge is -2.22. The van der Waals surface area contributed by atoms with Crippen molar-refractivity contribution in [3.05, 3.63) is 47.0 Å². The largest absolute Gasteiger partial charge is 0.481 e. The number of nitrogens with zero attached hydrogens (tertiary/aromatic N) is 6. The molecule has 9 nitrogen and oxygen atoms in total. The van der Waals surface area contributed by atoms with Crippen molar-refractivity contribution in [2.24, 2.45) is 12.5 Å². The first kappa shape index (κ1) is 22.6. The smallest absolute Gasteiger partial charge is 0.229 e. The van der Waals surface area contributed by atoms with E-state index >= 15 is 0 Å². The van der Waals surface area contributed by atoms with Crippen LogP contribution in [0.1, 0.15) is 36.9 Å². The Bertz CT molecular complexity index is 1240. The maximum atomic E-state index is 13.4. The number of aromatic nitrogens is 5. The molecule has 1 amide bonds. The van der Waals surface area contributed by atoms with E-state index in [1.54, 1.807) is 24.2 Å². The van der Waals surface area contributed by atoms with Crippen molar-refractivity contribution in [1.29, 1.82) is 0 Å². The SMILES string of the molecule is COc1cc(C(C)C(=O)N2C[C@@H](Nc3ccc(-c4ncn(C)n4)c(C)n3)C3(CC3)C2)c(Cl)cn1.